The molecule has 0 radical (unpaired) electrons. The van der Waals surface area contributed by atoms with Gasteiger partial charge in [0, 0.05) is 6.54 Å². The van der Waals surface area contributed by atoms with Crippen molar-refractivity contribution in [3.8, 4) is 0 Å². The molecule has 0 aromatic rings. The zero-order valence-electron chi connectivity index (χ0n) is 13.6. The third kappa shape index (κ3) is 4.19. The van der Waals surface area contributed by atoms with Crippen LogP contribution >= 0.6 is 0 Å². The largest absolute Gasteiger partial charge is 0.480 e. The number of nitrogens with zero attached hydrogens (tertiary/aromatic N) is 1. The molecule has 1 aliphatic carbocycles. The maximum Gasteiger partial charge on any atom is 0.324 e. The van der Waals surface area contributed by atoms with Crippen LogP contribution in [0.25, 0.3) is 0 Å². The molecule has 0 aromatic heterocycles. The number of nitrogens with one attached hydrogen (secondary N) is 1. The molecular weight excluding hydrogens is 252 g/mol. The molecule has 0 amide bonds. The van der Waals surface area contributed by atoms with Gasteiger partial charge < -0.3 is 15.3 Å². The predicted octanol–water partition coefficient (Wildman–Crippen LogP) is 2.59. The molecule has 2 N–H and O–H groups in total. The van der Waals surface area contributed by atoms with Crippen LogP contribution in [0, 0.1) is 11.8 Å². The average Bonchev–Trinajstić information content (AvgIpc) is 2.78. The minimum Gasteiger partial charge on any atom is -0.480 e. The van der Waals surface area contributed by atoms with E-state index in [0.29, 0.717) is 5.92 Å². The lowest BCUT2D eigenvalue weighted by atomic mass is 9.84. The number of hydrogen-bond donors (Lipinski definition) is 2. The first-order chi connectivity index (χ1) is 9.46. The van der Waals surface area contributed by atoms with Crippen molar-refractivity contribution in [3.05, 3.63) is 0 Å². The highest BCUT2D eigenvalue weighted by atomic mass is 16.4. The fraction of sp³-hybridized carbons (Fsp3) is 0.938. The second-order valence-electron chi connectivity index (χ2n) is 6.47. The van der Waals surface area contributed by atoms with E-state index < -0.39 is 11.5 Å². The summed E-state index contributed by atoms with van der Waals surface area (Å²) in [6.45, 7) is 12.5. The molecule has 1 saturated carbocycles. The fourth-order valence-corrected chi connectivity index (χ4v) is 3.61. The molecule has 118 valence electrons. The Morgan fingerprint density at radius 2 is 2.15 bits per heavy atom. The van der Waals surface area contributed by atoms with Crippen LogP contribution in [0.15, 0.2) is 0 Å². The molecule has 0 spiro atoms. The SMILES string of the molecule is CCNC1(C(=O)O)CCCC1CCN(CC)CC(C)C. The van der Waals surface area contributed by atoms with Crippen LogP contribution in [-0.4, -0.2) is 47.7 Å². The van der Waals surface area contributed by atoms with E-state index in [4.69, 9.17) is 0 Å². The van der Waals surface area contributed by atoms with Gasteiger partial charge in [0.1, 0.15) is 5.54 Å². The van der Waals surface area contributed by atoms with E-state index in [0.717, 1.165) is 51.9 Å². The summed E-state index contributed by atoms with van der Waals surface area (Å²) in [6, 6.07) is 0. The molecule has 0 saturated heterocycles. The lowest BCUT2D eigenvalue weighted by molar-refractivity contribution is -0.146. The van der Waals surface area contributed by atoms with Crippen LogP contribution in [-0.2, 0) is 4.79 Å². The van der Waals surface area contributed by atoms with Gasteiger partial charge in [0.05, 0.1) is 0 Å². The summed E-state index contributed by atoms with van der Waals surface area (Å²) in [7, 11) is 0. The quantitative estimate of drug-likeness (QED) is 0.683. The van der Waals surface area contributed by atoms with Crippen molar-refractivity contribution >= 4 is 5.97 Å². The van der Waals surface area contributed by atoms with Crippen LogP contribution in [0.4, 0.5) is 0 Å². The second kappa shape index (κ2) is 7.99. The number of carbonyl (C=O) groups is 1. The van der Waals surface area contributed by atoms with Gasteiger partial charge in [0.25, 0.3) is 0 Å². The molecule has 4 nitrogen and oxygen atoms in total. The Kier molecular flexibility index (Phi) is 6.96. The highest BCUT2D eigenvalue weighted by molar-refractivity contribution is 5.79. The summed E-state index contributed by atoms with van der Waals surface area (Å²) in [5, 5.41) is 12.9. The van der Waals surface area contributed by atoms with Gasteiger partial charge in [-0.3, -0.25) is 4.79 Å². The molecule has 4 heteroatoms. The summed E-state index contributed by atoms with van der Waals surface area (Å²) in [4.78, 5) is 14.2. The summed E-state index contributed by atoms with van der Waals surface area (Å²) < 4.78 is 0. The molecule has 0 aliphatic heterocycles. The monoisotopic (exact) mass is 284 g/mol. The highest BCUT2D eigenvalue weighted by Crippen LogP contribution is 2.38. The lowest BCUT2D eigenvalue weighted by Gasteiger charge is -2.34. The molecular formula is C16H32N2O2. The van der Waals surface area contributed by atoms with Crippen molar-refractivity contribution in [1.29, 1.82) is 0 Å². The minimum atomic E-state index is -0.675. The Labute approximate surface area is 123 Å². The first-order valence-electron chi connectivity index (χ1n) is 8.17. The highest BCUT2D eigenvalue weighted by Gasteiger charge is 2.48. The maximum absolute atomic E-state index is 11.7. The van der Waals surface area contributed by atoms with Gasteiger partial charge in [-0.05, 0) is 50.7 Å². The van der Waals surface area contributed by atoms with Crippen molar-refractivity contribution < 1.29 is 9.90 Å². The second-order valence-corrected chi connectivity index (χ2v) is 6.47. The van der Waals surface area contributed by atoms with Crippen LogP contribution in [0.1, 0.15) is 53.4 Å². The van der Waals surface area contributed by atoms with E-state index in [1.807, 2.05) is 6.92 Å². The Bertz CT molecular complexity index is 307. The standard InChI is InChI=1S/C16H32N2O2/c1-5-17-16(15(19)20)10-7-8-14(16)9-11-18(6-2)12-13(3)4/h13-14,17H,5-12H2,1-4H3,(H,19,20). The zero-order valence-corrected chi connectivity index (χ0v) is 13.6. The smallest absolute Gasteiger partial charge is 0.324 e. The van der Waals surface area contributed by atoms with Crippen LogP contribution < -0.4 is 5.32 Å². The maximum atomic E-state index is 11.7. The first kappa shape index (κ1) is 17.4. The fourth-order valence-electron chi connectivity index (χ4n) is 3.61. The van der Waals surface area contributed by atoms with Crippen molar-refractivity contribution in [2.24, 2.45) is 11.8 Å². The molecule has 0 bridgehead atoms. The third-order valence-electron chi connectivity index (χ3n) is 4.56. The van der Waals surface area contributed by atoms with Gasteiger partial charge in [-0.25, -0.2) is 0 Å². The van der Waals surface area contributed by atoms with Gasteiger partial charge in [0.2, 0.25) is 0 Å². The number of rotatable bonds is 9. The van der Waals surface area contributed by atoms with E-state index in [2.05, 4.69) is 31.0 Å². The van der Waals surface area contributed by atoms with Gasteiger partial charge in [0.15, 0.2) is 0 Å². The van der Waals surface area contributed by atoms with E-state index in [-0.39, 0.29) is 5.92 Å². The number of hydrogen-bond acceptors (Lipinski definition) is 3. The van der Waals surface area contributed by atoms with Gasteiger partial charge in [-0.1, -0.05) is 34.1 Å². The Morgan fingerprint density at radius 3 is 2.65 bits per heavy atom. The minimum absolute atomic E-state index is 0.265. The van der Waals surface area contributed by atoms with E-state index in [1.165, 1.54) is 0 Å². The first-order valence-corrected chi connectivity index (χ1v) is 8.17. The van der Waals surface area contributed by atoms with Gasteiger partial charge in [-0.15, -0.1) is 0 Å². The summed E-state index contributed by atoms with van der Waals surface area (Å²) in [5.74, 6) is 0.270. The van der Waals surface area contributed by atoms with E-state index in [1.54, 1.807) is 0 Å². The third-order valence-corrected chi connectivity index (χ3v) is 4.56. The zero-order chi connectivity index (χ0) is 15.2. The normalized spacial score (nSPS) is 26.6. The van der Waals surface area contributed by atoms with Crippen molar-refractivity contribution in [3.63, 3.8) is 0 Å². The van der Waals surface area contributed by atoms with Gasteiger partial charge in [-0.2, -0.15) is 0 Å². The molecule has 2 atom stereocenters. The van der Waals surface area contributed by atoms with Crippen molar-refractivity contribution in [2.45, 2.75) is 58.9 Å². The topological polar surface area (TPSA) is 52.6 Å². The van der Waals surface area contributed by atoms with E-state index >= 15 is 0 Å². The number of carboxylic acids is 1. The summed E-state index contributed by atoms with van der Waals surface area (Å²) in [5.41, 5.74) is -0.675. The molecule has 1 fully saturated rings. The predicted molar refractivity (Wildman–Crippen MR) is 83.0 cm³/mol. The van der Waals surface area contributed by atoms with Crippen molar-refractivity contribution in [1.82, 2.24) is 10.2 Å². The Morgan fingerprint density at radius 1 is 1.45 bits per heavy atom. The molecule has 1 rings (SSSR count). The molecule has 0 heterocycles. The molecule has 1 aliphatic rings. The van der Waals surface area contributed by atoms with Gasteiger partial charge >= 0.3 is 5.97 Å². The lowest BCUT2D eigenvalue weighted by Crippen LogP contribution is -2.55. The molecule has 20 heavy (non-hydrogen) atoms. The van der Waals surface area contributed by atoms with Crippen LogP contribution in [0.5, 0.6) is 0 Å². The summed E-state index contributed by atoms with van der Waals surface area (Å²) >= 11 is 0. The Balaban J connectivity index is 2.62. The molecule has 0 aromatic carbocycles. The summed E-state index contributed by atoms with van der Waals surface area (Å²) in [6.07, 6.45) is 3.83. The van der Waals surface area contributed by atoms with Crippen LogP contribution in [0.2, 0.25) is 0 Å². The number of aliphatic carboxylic acids is 1. The van der Waals surface area contributed by atoms with Crippen LogP contribution in [0.3, 0.4) is 0 Å². The van der Waals surface area contributed by atoms with E-state index in [9.17, 15) is 9.90 Å². The number of carboxylic acid groups (broad SMARTS) is 1. The van der Waals surface area contributed by atoms with Crippen molar-refractivity contribution in [2.75, 3.05) is 26.2 Å². The molecule has 2 unspecified atom stereocenters. The average molecular weight is 284 g/mol. The number of likely N-dealkylation sites (N-methyl/N-ethyl adjacent to an activating group) is 1. The Hall–Kier alpha value is -0.610.